The normalized spacial score (nSPS) is 23.3. The van der Waals surface area contributed by atoms with E-state index in [-0.39, 0.29) is 34.9 Å². The number of unbranched alkanes of at least 4 members (excludes halogenated alkanes) is 7. The lowest BCUT2D eigenvalue weighted by Crippen LogP contribution is -2.45. The fraction of sp³-hybridized carbons (Fsp3) is 0.939. The highest BCUT2D eigenvalue weighted by Crippen LogP contribution is 2.45. The maximum absolute atomic E-state index is 13.4. The van der Waals surface area contributed by atoms with Gasteiger partial charge in [-0.15, -0.1) is 0 Å². The van der Waals surface area contributed by atoms with Gasteiger partial charge in [0.15, 0.2) is 14.1 Å². The zero-order valence-electron chi connectivity index (χ0n) is 27.3. The summed E-state index contributed by atoms with van der Waals surface area (Å²) in [6.07, 6.45) is 14.3. The fourth-order valence-electron chi connectivity index (χ4n) is 5.90. The molecule has 234 valence electrons. The van der Waals surface area contributed by atoms with Crippen LogP contribution in [-0.4, -0.2) is 51.8 Å². The van der Waals surface area contributed by atoms with Crippen LogP contribution < -0.4 is 0 Å². The standard InChI is InChI=1S/C33H62O6Si/c1-9-10-11-13-16-20-33(37-23-24-38-33)21-19-28-27(18-15-12-14-17-22-36-31(35)26(2)3)29(34)25-30(28)39-40(7,8)32(4,5)6/h26-28,30H,9-25H2,1-8H3/t27-,28-,30-/m1/s1. The van der Waals surface area contributed by atoms with Crippen LogP contribution in [0.15, 0.2) is 0 Å². The summed E-state index contributed by atoms with van der Waals surface area (Å²) in [5.74, 6) is -0.0401. The molecule has 1 heterocycles. The lowest BCUT2D eigenvalue weighted by Gasteiger charge is -2.40. The SMILES string of the molecule is CCCCCCCC1(CC[C@H]2[C@H](O[Si](C)(C)C(C)(C)C)CC(=O)[C@@H]2CCCCCCOC(=O)C(C)C)OCCO1. The Morgan fingerprint density at radius 1 is 0.950 bits per heavy atom. The van der Waals surface area contributed by atoms with Crippen molar-refractivity contribution in [2.75, 3.05) is 19.8 Å². The van der Waals surface area contributed by atoms with Gasteiger partial charge >= 0.3 is 5.97 Å². The number of esters is 1. The molecule has 0 amide bonds. The van der Waals surface area contributed by atoms with Crippen molar-refractivity contribution in [2.24, 2.45) is 17.8 Å². The number of hydrogen-bond donors (Lipinski definition) is 0. The maximum atomic E-state index is 13.4. The molecule has 1 saturated carbocycles. The smallest absolute Gasteiger partial charge is 0.308 e. The summed E-state index contributed by atoms with van der Waals surface area (Å²) in [6.45, 7) is 19.2. The monoisotopic (exact) mass is 582 g/mol. The van der Waals surface area contributed by atoms with Crippen molar-refractivity contribution in [2.45, 2.75) is 161 Å². The quantitative estimate of drug-likeness (QED) is 0.0862. The molecule has 6 nitrogen and oxygen atoms in total. The first-order valence-electron chi connectivity index (χ1n) is 16.5. The van der Waals surface area contributed by atoms with Crippen molar-refractivity contribution >= 4 is 20.1 Å². The number of hydrogen-bond acceptors (Lipinski definition) is 6. The van der Waals surface area contributed by atoms with Gasteiger partial charge in [0, 0.05) is 25.2 Å². The van der Waals surface area contributed by atoms with Gasteiger partial charge < -0.3 is 18.6 Å². The van der Waals surface area contributed by atoms with Crippen LogP contribution >= 0.6 is 0 Å². The summed E-state index contributed by atoms with van der Waals surface area (Å²) in [6, 6.07) is 0. The fourth-order valence-corrected chi connectivity index (χ4v) is 7.27. The van der Waals surface area contributed by atoms with E-state index >= 15 is 0 Å². The predicted octanol–water partition coefficient (Wildman–Crippen LogP) is 8.62. The van der Waals surface area contributed by atoms with E-state index in [1.165, 1.54) is 25.7 Å². The minimum Gasteiger partial charge on any atom is -0.465 e. The average Bonchev–Trinajstić information content (AvgIpc) is 3.45. The van der Waals surface area contributed by atoms with E-state index < -0.39 is 14.1 Å². The molecule has 1 saturated heterocycles. The predicted molar refractivity (Wildman–Crippen MR) is 165 cm³/mol. The third-order valence-electron chi connectivity index (χ3n) is 9.52. The van der Waals surface area contributed by atoms with Gasteiger partial charge in [0.25, 0.3) is 0 Å². The molecule has 1 aliphatic carbocycles. The molecule has 0 radical (unpaired) electrons. The van der Waals surface area contributed by atoms with E-state index in [0.717, 1.165) is 57.8 Å². The van der Waals surface area contributed by atoms with Gasteiger partial charge in [-0.25, -0.2) is 0 Å². The second-order valence-electron chi connectivity index (χ2n) is 14.2. The third-order valence-corrected chi connectivity index (χ3v) is 14.0. The number of rotatable bonds is 19. The largest absolute Gasteiger partial charge is 0.465 e. The Labute approximate surface area is 247 Å². The molecule has 0 aromatic rings. The van der Waals surface area contributed by atoms with Gasteiger partial charge in [0.05, 0.1) is 31.8 Å². The maximum Gasteiger partial charge on any atom is 0.308 e. The van der Waals surface area contributed by atoms with Gasteiger partial charge in [0.1, 0.15) is 5.78 Å². The van der Waals surface area contributed by atoms with Gasteiger partial charge in [-0.05, 0) is 49.7 Å². The van der Waals surface area contributed by atoms with Crippen LogP contribution in [0.25, 0.3) is 0 Å². The number of ether oxygens (including phenoxy) is 3. The number of carbonyl (C=O) groups is 2. The van der Waals surface area contributed by atoms with Gasteiger partial charge in [-0.1, -0.05) is 86.5 Å². The van der Waals surface area contributed by atoms with Gasteiger partial charge in [0.2, 0.25) is 0 Å². The van der Waals surface area contributed by atoms with Crippen LogP contribution in [0.2, 0.25) is 18.1 Å². The highest BCUT2D eigenvalue weighted by molar-refractivity contribution is 6.74. The molecule has 0 aromatic carbocycles. The van der Waals surface area contributed by atoms with E-state index in [4.69, 9.17) is 18.6 Å². The second kappa shape index (κ2) is 16.8. The van der Waals surface area contributed by atoms with E-state index in [1.54, 1.807) is 0 Å². The van der Waals surface area contributed by atoms with E-state index in [2.05, 4.69) is 40.8 Å². The number of carbonyl (C=O) groups excluding carboxylic acids is 2. The summed E-state index contributed by atoms with van der Waals surface area (Å²) in [5, 5.41) is 0.106. The van der Waals surface area contributed by atoms with E-state index in [0.29, 0.717) is 32.0 Å². The number of ketones is 1. The Hall–Kier alpha value is -0.763. The van der Waals surface area contributed by atoms with Crippen LogP contribution in [-0.2, 0) is 28.2 Å². The zero-order valence-corrected chi connectivity index (χ0v) is 28.3. The molecule has 0 aromatic heterocycles. The van der Waals surface area contributed by atoms with Crippen molar-refractivity contribution in [1.29, 1.82) is 0 Å². The van der Waals surface area contributed by atoms with Crippen LogP contribution in [0.5, 0.6) is 0 Å². The molecule has 2 rings (SSSR count). The van der Waals surface area contributed by atoms with Crippen LogP contribution in [0.3, 0.4) is 0 Å². The minimum absolute atomic E-state index is 0.00292. The Bertz CT molecular complexity index is 753. The van der Waals surface area contributed by atoms with E-state index in [1.807, 2.05) is 13.8 Å². The average molecular weight is 583 g/mol. The number of Topliss-reactive ketones (excluding diaryl/α,β-unsaturated/α-hetero) is 1. The van der Waals surface area contributed by atoms with Crippen LogP contribution in [0.4, 0.5) is 0 Å². The molecule has 3 atom stereocenters. The lowest BCUT2D eigenvalue weighted by atomic mass is 9.84. The molecular formula is C33H62O6Si. The lowest BCUT2D eigenvalue weighted by molar-refractivity contribution is -0.171. The molecule has 40 heavy (non-hydrogen) atoms. The zero-order chi connectivity index (χ0) is 29.8. The Balaban J connectivity index is 2.00. The van der Waals surface area contributed by atoms with Gasteiger partial charge in [-0.2, -0.15) is 0 Å². The third kappa shape index (κ3) is 11.1. The topological polar surface area (TPSA) is 71.1 Å². The molecule has 0 spiro atoms. The van der Waals surface area contributed by atoms with Crippen LogP contribution in [0, 0.1) is 17.8 Å². The molecule has 0 N–H and O–H groups in total. The van der Waals surface area contributed by atoms with Crippen molar-refractivity contribution in [3.05, 3.63) is 0 Å². The van der Waals surface area contributed by atoms with Crippen molar-refractivity contribution in [3.63, 3.8) is 0 Å². The molecule has 0 bridgehead atoms. The molecule has 2 aliphatic rings. The molecule has 1 aliphatic heterocycles. The summed E-state index contributed by atoms with van der Waals surface area (Å²) < 4.78 is 24.8. The molecule has 2 fully saturated rings. The molecule has 7 heteroatoms. The summed E-state index contributed by atoms with van der Waals surface area (Å²) in [7, 11) is -2.01. The Morgan fingerprint density at radius 3 is 2.20 bits per heavy atom. The summed E-state index contributed by atoms with van der Waals surface area (Å²) in [4.78, 5) is 25.1. The van der Waals surface area contributed by atoms with E-state index in [9.17, 15) is 9.59 Å². The summed E-state index contributed by atoms with van der Waals surface area (Å²) in [5.41, 5.74) is 0. The highest BCUT2D eigenvalue weighted by atomic mass is 28.4. The van der Waals surface area contributed by atoms with Crippen molar-refractivity contribution in [3.8, 4) is 0 Å². The second-order valence-corrected chi connectivity index (χ2v) is 18.9. The highest BCUT2D eigenvalue weighted by Gasteiger charge is 2.48. The molecular weight excluding hydrogens is 520 g/mol. The Kier molecular flexibility index (Phi) is 14.9. The van der Waals surface area contributed by atoms with Gasteiger partial charge in [-0.3, -0.25) is 9.59 Å². The van der Waals surface area contributed by atoms with Crippen LogP contribution in [0.1, 0.15) is 131 Å². The van der Waals surface area contributed by atoms with Crippen molar-refractivity contribution < 1.29 is 28.2 Å². The first-order valence-corrected chi connectivity index (χ1v) is 19.4. The first-order chi connectivity index (χ1) is 18.8. The molecule has 0 unspecified atom stereocenters. The summed E-state index contributed by atoms with van der Waals surface area (Å²) >= 11 is 0. The Morgan fingerprint density at radius 2 is 1.57 bits per heavy atom. The first kappa shape index (κ1) is 35.4. The minimum atomic E-state index is -2.01. The van der Waals surface area contributed by atoms with Crippen molar-refractivity contribution in [1.82, 2.24) is 0 Å².